The number of ether oxygens (including phenoxy) is 1. The highest BCUT2D eigenvalue weighted by Gasteiger charge is 2.08. The minimum absolute atomic E-state index is 0.417. The molecule has 2 aromatic rings. The predicted molar refractivity (Wildman–Crippen MR) is 65.6 cm³/mol. The molecule has 4 heteroatoms. The summed E-state index contributed by atoms with van der Waals surface area (Å²) in [5, 5.41) is 0.584. The van der Waals surface area contributed by atoms with E-state index in [0.717, 1.165) is 16.9 Å². The summed E-state index contributed by atoms with van der Waals surface area (Å²) in [7, 11) is 1.62. The van der Waals surface area contributed by atoms with Gasteiger partial charge in [-0.15, -0.1) is 0 Å². The van der Waals surface area contributed by atoms with Crippen LogP contribution in [0.2, 0.25) is 5.02 Å². The van der Waals surface area contributed by atoms with E-state index in [0.29, 0.717) is 10.8 Å². The van der Waals surface area contributed by atoms with Crippen LogP contribution in [0.15, 0.2) is 36.5 Å². The van der Waals surface area contributed by atoms with Crippen molar-refractivity contribution in [1.82, 2.24) is 4.98 Å². The molecule has 0 amide bonds. The smallest absolute Gasteiger partial charge is 0.132 e. The van der Waals surface area contributed by atoms with Gasteiger partial charge in [0, 0.05) is 11.8 Å². The number of nitrogen functional groups attached to an aromatic ring is 1. The van der Waals surface area contributed by atoms with Gasteiger partial charge in [0.05, 0.1) is 12.1 Å². The van der Waals surface area contributed by atoms with Crippen LogP contribution in [0.5, 0.6) is 5.75 Å². The van der Waals surface area contributed by atoms with Crippen molar-refractivity contribution in [3.63, 3.8) is 0 Å². The number of halogens is 1. The van der Waals surface area contributed by atoms with Gasteiger partial charge in [0.25, 0.3) is 0 Å². The molecule has 16 heavy (non-hydrogen) atoms. The van der Waals surface area contributed by atoms with E-state index in [1.54, 1.807) is 19.4 Å². The highest BCUT2D eigenvalue weighted by Crippen LogP contribution is 2.33. The fraction of sp³-hybridized carbons (Fsp3) is 0.0833. The molecule has 0 fully saturated rings. The first-order valence-corrected chi connectivity index (χ1v) is 5.14. The number of hydrogen-bond acceptors (Lipinski definition) is 3. The Balaban J connectivity index is 2.58. The van der Waals surface area contributed by atoms with Crippen molar-refractivity contribution in [1.29, 1.82) is 0 Å². The molecule has 2 N–H and O–H groups in total. The van der Waals surface area contributed by atoms with E-state index in [1.807, 2.05) is 24.3 Å². The van der Waals surface area contributed by atoms with Gasteiger partial charge in [-0.25, -0.2) is 4.98 Å². The highest BCUT2D eigenvalue weighted by atomic mass is 35.5. The van der Waals surface area contributed by atoms with Crippen LogP contribution in [0, 0.1) is 0 Å². The molecule has 0 spiro atoms. The number of nitrogens with zero attached hydrogens (tertiary/aromatic N) is 1. The minimum atomic E-state index is 0.417. The van der Waals surface area contributed by atoms with Gasteiger partial charge in [-0.3, -0.25) is 0 Å². The zero-order chi connectivity index (χ0) is 11.5. The molecular formula is C12H11ClN2O. The molecule has 1 heterocycles. The van der Waals surface area contributed by atoms with E-state index < -0.39 is 0 Å². The van der Waals surface area contributed by atoms with E-state index in [1.165, 1.54) is 0 Å². The van der Waals surface area contributed by atoms with Crippen LogP contribution in [-0.4, -0.2) is 12.1 Å². The van der Waals surface area contributed by atoms with E-state index in [9.17, 15) is 0 Å². The zero-order valence-electron chi connectivity index (χ0n) is 8.77. The molecule has 0 saturated carbocycles. The third-order valence-corrected chi connectivity index (χ3v) is 2.60. The van der Waals surface area contributed by atoms with Crippen molar-refractivity contribution in [3.8, 4) is 16.9 Å². The summed E-state index contributed by atoms with van der Waals surface area (Å²) in [5.41, 5.74) is 7.45. The van der Waals surface area contributed by atoms with Gasteiger partial charge in [0.2, 0.25) is 0 Å². The number of methoxy groups -OCH3 is 1. The lowest BCUT2D eigenvalue weighted by Crippen LogP contribution is -1.94. The molecule has 0 saturated heterocycles. The van der Waals surface area contributed by atoms with Gasteiger partial charge in [-0.05, 0) is 23.8 Å². The molecule has 1 aromatic carbocycles. The Bertz CT molecular complexity index is 494. The van der Waals surface area contributed by atoms with Crippen molar-refractivity contribution >= 4 is 17.4 Å². The topological polar surface area (TPSA) is 48.1 Å². The lowest BCUT2D eigenvalue weighted by atomic mass is 10.1. The molecule has 0 aliphatic heterocycles. The van der Waals surface area contributed by atoms with Crippen LogP contribution >= 0.6 is 11.6 Å². The number of aromatic nitrogens is 1. The Kier molecular flexibility index (Phi) is 2.97. The first kappa shape index (κ1) is 10.8. The average molecular weight is 235 g/mol. The first-order chi connectivity index (χ1) is 7.72. The van der Waals surface area contributed by atoms with E-state index in [-0.39, 0.29) is 0 Å². The number of hydrogen-bond donors (Lipinski definition) is 1. The summed E-state index contributed by atoms with van der Waals surface area (Å²) >= 11 is 6.10. The van der Waals surface area contributed by atoms with E-state index in [4.69, 9.17) is 22.1 Å². The summed E-state index contributed by atoms with van der Waals surface area (Å²) in [6.45, 7) is 0. The molecule has 3 nitrogen and oxygen atoms in total. The van der Waals surface area contributed by atoms with Crippen LogP contribution in [0.3, 0.4) is 0 Å². The quantitative estimate of drug-likeness (QED) is 0.869. The lowest BCUT2D eigenvalue weighted by molar-refractivity contribution is 0.415. The summed E-state index contributed by atoms with van der Waals surface area (Å²) in [5.74, 6) is 1.18. The van der Waals surface area contributed by atoms with Gasteiger partial charge in [-0.2, -0.15) is 0 Å². The Morgan fingerprint density at radius 1 is 1.31 bits per heavy atom. The van der Waals surface area contributed by atoms with Crippen molar-refractivity contribution in [2.24, 2.45) is 0 Å². The second-order valence-electron chi connectivity index (χ2n) is 3.28. The molecule has 82 valence electrons. The van der Waals surface area contributed by atoms with Crippen molar-refractivity contribution in [2.45, 2.75) is 0 Å². The van der Waals surface area contributed by atoms with Gasteiger partial charge < -0.3 is 10.5 Å². The first-order valence-electron chi connectivity index (χ1n) is 4.77. The van der Waals surface area contributed by atoms with Crippen LogP contribution in [0.25, 0.3) is 11.1 Å². The molecule has 0 radical (unpaired) electrons. The van der Waals surface area contributed by atoms with Crippen LogP contribution in [0.1, 0.15) is 0 Å². The SMILES string of the molecule is COc1cccc(-c2c(Cl)ccnc2N)c1. The molecular weight excluding hydrogens is 224 g/mol. The zero-order valence-corrected chi connectivity index (χ0v) is 9.53. The maximum Gasteiger partial charge on any atom is 0.132 e. The van der Waals surface area contributed by atoms with E-state index >= 15 is 0 Å². The number of rotatable bonds is 2. The molecule has 0 bridgehead atoms. The Labute approximate surface area is 98.8 Å². The van der Waals surface area contributed by atoms with Crippen LogP contribution in [0.4, 0.5) is 5.82 Å². The molecule has 0 aliphatic carbocycles. The highest BCUT2D eigenvalue weighted by molar-refractivity contribution is 6.33. The Morgan fingerprint density at radius 3 is 2.81 bits per heavy atom. The molecule has 0 atom stereocenters. The number of benzene rings is 1. The molecule has 2 rings (SSSR count). The summed E-state index contributed by atoms with van der Waals surface area (Å²) < 4.78 is 5.15. The Hall–Kier alpha value is -1.74. The van der Waals surface area contributed by atoms with Crippen molar-refractivity contribution < 1.29 is 4.74 Å². The average Bonchev–Trinajstić information content (AvgIpc) is 2.29. The largest absolute Gasteiger partial charge is 0.497 e. The van der Waals surface area contributed by atoms with Crippen LogP contribution < -0.4 is 10.5 Å². The van der Waals surface area contributed by atoms with Gasteiger partial charge in [0.1, 0.15) is 11.6 Å². The van der Waals surface area contributed by atoms with E-state index in [2.05, 4.69) is 4.98 Å². The third-order valence-electron chi connectivity index (χ3n) is 2.29. The summed E-state index contributed by atoms with van der Waals surface area (Å²) in [4.78, 5) is 4.02. The Morgan fingerprint density at radius 2 is 2.12 bits per heavy atom. The number of nitrogens with two attached hydrogens (primary N) is 1. The minimum Gasteiger partial charge on any atom is -0.497 e. The second-order valence-corrected chi connectivity index (χ2v) is 3.69. The number of pyridine rings is 1. The molecule has 1 aromatic heterocycles. The standard InChI is InChI=1S/C12H11ClN2O/c1-16-9-4-2-3-8(7-9)11-10(13)5-6-15-12(11)14/h2-7H,1H3,(H2,14,15). The third kappa shape index (κ3) is 1.95. The van der Waals surface area contributed by atoms with Crippen molar-refractivity contribution in [2.75, 3.05) is 12.8 Å². The summed E-state index contributed by atoms with van der Waals surface area (Å²) in [6, 6.07) is 9.26. The van der Waals surface area contributed by atoms with Gasteiger partial charge in [0.15, 0.2) is 0 Å². The second kappa shape index (κ2) is 4.41. The van der Waals surface area contributed by atoms with Gasteiger partial charge in [-0.1, -0.05) is 23.7 Å². The summed E-state index contributed by atoms with van der Waals surface area (Å²) in [6.07, 6.45) is 1.58. The molecule has 0 aliphatic rings. The molecule has 0 unspecified atom stereocenters. The van der Waals surface area contributed by atoms with Crippen LogP contribution in [-0.2, 0) is 0 Å². The maximum absolute atomic E-state index is 6.10. The maximum atomic E-state index is 6.10. The fourth-order valence-corrected chi connectivity index (χ4v) is 1.78. The van der Waals surface area contributed by atoms with Crippen molar-refractivity contribution in [3.05, 3.63) is 41.6 Å². The lowest BCUT2D eigenvalue weighted by Gasteiger charge is -2.08. The predicted octanol–water partition coefficient (Wildman–Crippen LogP) is 2.99. The monoisotopic (exact) mass is 234 g/mol. The number of anilines is 1. The van der Waals surface area contributed by atoms with Gasteiger partial charge >= 0.3 is 0 Å². The normalized spacial score (nSPS) is 10.1. The fourth-order valence-electron chi connectivity index (χ4n) is 1.52.